The Balaban J connectivity index is 2.56. The van der Waals surface area contributed by atoms with Crippen LogP contribution in [0, 0.1) is 0 Å². The van der Waals surface area contributed by atoms with Crippen molar-refractivity contribution in [1.82, 2.24) is 0 Å². The third-order valence-electron chi connectivity index (χ3n) is 2.47. The number of hydrogen-bond donors (Lipinski definition) is 1. The van der Waals surface area contributed by atoms with E-state index in [2.05, 4.69) is 12.6 Å². The first-order valence-electron chi connectivity index (χ1n) is 6.39. The summed E-state index contributed by atoms with van der Waals surface area (Å²) < 4.78 is 15.9. The topological polar surface area (TPSA) is 61.8 Å². The van der Waals surface area contributed by atoms with Crippen LogP contribution in [0.25, 0.3) is 0 Å². The number of carbonyl (C=O) groups is 2. The largest absolute Gasteiger partial charge is 0.463 e. The summed E-state index contributed by atoms with van der Waals surface area (Å²) in [6, 6.07) is 0. The van der Waals surface area contributed by atoms with Gasteiger partial charge in [0.1, 0.15) is 24.3 Å². The van der Waals surface area contributed by atoms with Crippen LogP contribution in [0.1, 0.15) is 20.3 Å². The number of carbonyl (C=O) groups excluding carboxylic acids is 2. The third-order valence-corrected chi connectivity index (χ3v) is 3.91. The molecule has 0 radical (unpaired) electrons. The molecule has 20 heavy (non-hydrogen) atoms. The molecule has 1 heterocycles. The summed E-state index contributed by atoms with van der Waals surface area (Å²) in [6.07, 6.45) is 3.65. The van der Waals surface area contributed by atoms with E-state index in [9.17, 15) is 9.59 Å². The zero-order valence-corrected chi connectivity index (χ0v) is 13.3. The number of thioether (sulfide) groups is 1. The zero-order valence-electron chi connectivity index (χ0n) is 11.6. The molecule has 0 amide bonds. The molecule has 1 aliphatic heterocycles. The predicted molar refractivity (Wildman–Crippen MR) is 80.9 cm³/mol. The Hall–Kier alpha value is -0.660. The summed E-state index contributed by atoms with van der Waals surface area (Å²) >= 11 is 5.80. The molecule has 7 heteroatoms. The highest BCUT2D eigenvalue weighted by atomic mass is 32.2. The van der Waals surface area contributed by atoms with Crippen molar-refractivity contribution in [3.8, 4) is 0 Å². The fraction of sp³-hybridized carbons (Fsp3) is 0.692. The molecule has 0 fully saturated rings. The SMILES string of the molecule is CC(=O)OC[C@H]1O[C@H](SCCCS)C=C[C@@H]1OC(C)=O. The first-order chi connectivity index (χ1) is 9.52. The van der Waals surface area contributed by atoms with E-state index in [4.69, 9.17) is 14.2 Å². The number of ether oxygens (including phenoxy) is 3. The van der Waals surface area contributed by atoms with Crippen molar-refractivity contribution in [3.05, 3.63) is 12.2 Å². The van der Waals surface area contributed by atoms with Crippen LogP contribution in [0.3, 0.4) is 0 Å². The van der Waals surface area contributed by atoms with Crippen LogP contribution in [0.4, 0.5) is 0 Å². The summed E-state index contributed by atoms with van der Waals surface area (Å²) in [5.41, 5.74) is -0.123. The first kappa shape index (κ1) is 17.4. The molecule has 0 spiro atoms. The van der Waals surface area contributed by atoms with E-state index in [1.54, 1.807) is 17.8 Å². The fourth-order valence-electron chi connectivity index (χ4n) is 1.62. The minimum Gasteiger partial charge on any atom is -0.463 e. The molecule has 1 aliphatic rings. The fourth-order valence-corrected chi connectivity index (χ4v) is 2.96. The summed E-state index contributed by atoms with van der Waals surface area (Å²) in [7, 11) is 0. The first-order valence-corrected chi connectivity index (χ1v) is 8.08. The van der Waals surface area contributed by atoms with Gasteiger partial charge < -0.3 is 14.2 Å². The van der Waals surface area contributed by atoms with Crippen molar-refractivity contribution in [1.29, 1.82) is 0 Å². The molecular formula is C13H20O5S2. The lowest BCUT2D eigenvalue weighted by molar-refractivity contribution is -0.160. The standard InChI is InChI=1S/C13H20O5S2/c1-9(14)16-8-12-11(17-10(2)15)4-5-13(18-12)20-7-3-6-19/h4-5,11-13,19H,3,6-8H2,1-2H3/t11-,12+,13+/m0/s1. The van der Waals surface area contributed by atoms with E-state index >= 15 is 0 Å². The van der Waals surface area contributed by atoms with Gasteiger partial charge in [0.05, 0.1) is 0 Å². The van der Waals surface area contributed by atoms with E-state index in [1.165, 1.54) is 13.8 Å². The van der Waals surface area contributed by atoms with Crippen molar-refractivity contribution < 1.29 is 23.8 Å². The van der Waals surface area contributed by atoms with E-state index in [1.807, 2.05) is 6.08 Å². The lowest BCUT2D eigenvalue weighted by Gasteiger charge is -2.31. The summed E-state index contributed by atoms with van der Waals surface area (Å²) in [5.74, 6) is 0.981. The Bertz CT molecular complexity index is 359. The highest BCUT2D eigenvalue weighted by Gasteiger charge is 2.30. The maximum absolute atomic E-state index is 11.1. The van der Waals surface area contributed by atoms with Crippen LogP contribution in [0.15, 0.2) is 12.2 Å². The third kappa shape index (κ3) is 6.67. The lowest BCUT2D eigenvalue weighted by atomic mass is 10.1. The van der Waals surface area contributed by atoms with Crippen molar-refractivity contribution >= 4 is 36.3 Å². The Morgan fingerprint density at radius 3 is 2.65 bits per heavy atom. The van der Waals surface area contributed by atoms with Crippen LogP contribution in [-0.2, 0) is 23.8 Å². The number of rotatable bonds is 7. The second kappa shape index (κ2) is 9.31. The number of esters is 2. The van der Waals surface area contributed by atoms with Crippen molar-refractivity contribution in [2.24, 2.45) is 0 Å². The van der Waals surface area contributed by atoms with E-state index in [-0.39, 0.29) is 18.0 Å². The van der Waals surface area contributed by atoms with Gasteiger partial charge >= 0.3 is 11.9 Å². The molecule has 0 aromatic rings. The van der Waals surface area contributed by atoms with E-state index in [0.717, 1.165) is 17.9 Å². The van der Waals surface area contributed by atoms with Gasteiger partial charge in [-0.2, -0.15) is 12.6 Å². The second-order valence-corrected chi connectivity index (χ2v) is 5.91. The molecule has 0 aromatic carbocycles. The van der Waals surface area contributed by atoms with Gasteiger partial charge in [0.25, 0.3) is 0 Å². The Kier molecular flexibility index (Phi) is 8.09. The molecule has 0 aromatic heterocycles. The number of thiol groups is 1. The van der Waals surface area contributed by atoms with Crippen LogP contribution in [-0.4, -0.2) is 47.7 Å². The molecule has 0 aliphatic carbocycles. The van der Waals surface area contributed by atoms with Gasteiger partial charge in [0.15, 0.2) is 0 Å². The molecule has 3 atom stereocenters. The Labute approximate surface area is 128 Å². The van der Waals surface area contributed by atoms with Crippen LogP contribution in [0.2, 0.25) is 0 Å². The van der Waals surface area contributed by atoms with Gasteiger partial charge in [-0.15, -0.1) is 11.8 Å². The summed E-state index contributed by atoms with van der Waals surface area (Å²) in [5, 5.41) is 0. The van der Waals surface area contributed by atoms with Gasteiger partial charge in [-0.1, -0.05) is 0 Å². The van der Waals surface area contributed by atoms with Crippen molar-refractivity contribution in [2.45, 2.75) is 37.9 Å². The highest BCUT2D eigenvalue weighted by Crippen LogP contribution is 2.24. The van der Waals surface area contributed by atoms with Gasteiger partial charge in [0.2, 0.25) is 0 Å². The van der Waals surface area contributed by atoms with Gasteiger partial charge in [-0.05, 0) is 30.1 Å². The van der Waals surface area contributed by atoms with Crippen LogP contribution < -0.4 is 0 Å². The molecule has 1 rings (SSSR count). The maximum atomic E-state index is 11.1. The number of hydrogen-bond acceptors (Lipinski definition) is 7. The second-order valence-electron chi connectivity index (χ2n) is 4.25. The van der Waals surface area contributed by atoms with Crippen LogP contribution >= 0.6 is 24.4 Å². The van der Waals surface area contributed by atoms with E-state index < -0.39 is 18.2 Å². The van der Waals surface area contributed by atoms with Gasteiger partial charge in [-0.3, -0.25) is 9.59 Å². The van der Waals surface area contributed by atoms with Crippen molar-refractivity contribution in [2.75, 3.05) is 18.1 Å². The Morgan fingerprint density at radius 1 is 1.30 bits per heavy atom. The molecule has 0 saturated carbocycles. The summed E-state index contributed by atoms with van der Waals surface area (Å²) in [4.78, 5) is 21.9. The quantitative estimate of drug-likeness (QED) is 0.334. The van der Waals surface area contributed by atoms with Gasteiger partial charge in [-0.25, -0.2) is 0 Å². The lowest BCUT2D eigenvalue weighted by Crippen LogP contribution is -2.40. The predicted octanol–water partition coefficient (Wildman–Crippen LogP) is 1.82. The normalized spacial score (nSPS) is 25.2. The molecule has 0 unspecified atom stereocenters. The minimum absolute atomic E-state index is 0.0707. The molecule has 0 N–H and O–H groups in total. The maximum Gasteiger partial charge on any atom is 0.303 e. The highest BCUT2D eigenvalue weighted by molar-refractivity contribution is 7.99. The Morgan fingerprint density at radius 2 is 2.05 bits per heavy atom. The average Bonchev–Trinajstić information content (AvgIpc) is 2.38. The summed E-state index contributed by atoms with van der Waals surface area (Å²) in [6.45, 7) is 2.74. The molecule has 114 valence electrons. The molecule has 0 saturated heterocycles. The average molecular weight is 320 g/mol. The molecule has 5 nitrogen and oxygen atoms in total. The smallest absolute Gasteiger partial charge is 0.303 e. The molecular weight excluding hydrogens is 300 g/mol. The zero-order chi connectivity index (χ0) is 15.0. The van der Waals surface area contributed by atoms with E-state index in [0.29, 0.717) is 0 Å². The van der Waals surface area contributed by atoms with Crippen molar-refractivity contribution in [3.63, 3.8) is 0 Å². The monoisotopic (exact) mass is 320 g/mol. The minimum atomic E-state index is -0.520. The van der Waals surface area contributed by atoms with Crippen LogP contribution in [0.5, 0.6) is 0 Å². The molecule has 0 bridgehead atoms. The van der Waals surface area contributed by atoms with Gasteiger partial charge in [0, 0.05) is 13.8 Å².